The van der Waals surface area contributed by atoms with Gasteiger partial charge >= 0.3 is 6.18 Å². The lowest BCUT2D eigenvalue weighted by atomic mass is 9.87. The molecule has 37 heavy (non-hydrogen) atoms. The normalized spacial score (nSPS) is 20.8. The predicted molar refractivity (Wildman–Crippen MR) is 136 cm³/mol. The van der Waals surface area contributed by atoms with E-state index in [-0.39, 0.29) is 16.9 Å². The fourth-order valence-corrected chi connectivity index (χ4v) is 6.85. The molecule has 0 unspecified atom stereocenters. The fourth-order valence-electron chi connectivity index (χ4n) is 5.05. The number of aromatic nitrogens is 2. The van der Waals surface area contributed by atoms with Gasteiger partial charge in [-0.3, -0.25) is 0 Å². The van der Waals surface area contributed by atoms with Crippen molar-refractivity contribution in [3.8, 4) is 11.1 Å². The summed E-state index contributed by atoms with van der Waals surface area (Å²) in [7, 11) is -3.52. The predicted octanol–water partition coefficient (Wildman–Crippen LogP) is 4.63. The Morgan fingerprint density at radius 3 is 2.22 bits per heavy atom. The van der Waals surface area contributed by atoms with E-state index in [1.54, 1.807) is 18.3 Å². The van der Waals surface area contributed by atoms with Crippen LogP contribution >= 0.6 is 0 Å². The molecule has 4 N–H and O–H groups in total. The quantitative estimate of drug-likeness (QED) is 0.426. The van der Waals surface area contributed by atoms with Crippen LogP contribution in [-0.2, 0) is 16.0 Å². The minimum Gasteiger partial charge on any atom is -0.383 e. The molecule has 1 aliphatic heterocycles. The molecule has 1 saturated carbocycles. The van der Waals surface area contributed by atoms with Gasteiger partial charge in [0.15, 0.2) is 9.84 Å². The second-order valence-electron chi connectivity index (χ2n) is 9.63. The first-order valence-corrected chi connectivity index (χ1v) is 13.8. The Kier molecular flexibility index (Phi) is 6.84. The van der Waals surface area contributed by atoms with Crippen LogP contribution in [-0.4, -0.2) is 42.8 Å². The van der Waals surface area contributed by atoms with Crippen molar-refractivity contribution in [2.24, 2.45) is 0 Å². The molecule has 2 aliphatic rings. The molecule has 7 nitrogen and oxygen atoms in total. The van der Waals surface area contributed by atoms with Gasteiger partial charge < -0.3 is 16.4 Å². The summed E-state index contributed by atoms with van der Waals surface area (Å²) in [5, 5.41) is 5.87. The molecule has 0 spiro atoms. The van der Waals surface area contributed by atoms with E-state index in [1.165, 1.54) is 6.07 Å². The van der Waals surface area contributed by atoms with E-state index in [0.29, 0.717) is 37.3 Å². The monoisotopic (exact) mass is 531 g/mol. The summed E-state index contributed by atoms with van der Waals surface area (Å²) >= 11 is 0. The van der Waals surface area contributed by atoms with Crippen molar-refractivity contribution in [3.05, 3.63) is 66.0 Å². The van der Waals surface area contributed by atoms with Gasteiger partial charge in [0.2, 0.25) is 0 Å². The maximum absolute atomic E-state index is 13.3. The lowest BCUT2D eigenvalue weighted by molar-refractivity contribution is -0.137. The molecular weight excluding hydrogens is 503 g/mol. The average molecular weight is 532 g/mol. The van der Waals surface area contributed by atoms with Crippen LogP contribution in [0.3, 0.4) is 0 Å². The van der Waals surface area contributed by atoms with Crippen molar-refractivity contribution >= 4 is 21.5 Å². The van der Waals surface area contributed by atoms with Gasteiger partial charge in [-0.1, -0.05) is 12.1 Å². The summed E-state index contributed by atoms with van der Waals surface area (Å²) in [5.41, 5.74) is 8.21. The fraction of sp³-hybridized carbons (Fsp3) is 0.385. The molecule has 0 radical (unpaired) electrons. The van der Waals surface area contributed by atoms with E-state index in [2.05, 4.69) is 20.6 Å². The lowest BCUT2D eigenvalue weighted by Gasteiger charge is -2.30. The highest BCUT2D eigenvalue weighted by Crippen LogP contribution is 2.36. The molecule has 2 aromatic heterocycles. The number of nitrogens with two attached hydrogens (primary N) is 1. The molecule has 0 bridgehead atoms. The molecule has 11 heteroatoms. The molecular formula is C26H28F3N5O2S. The van der Waals surface area contributed by atoms with Gasteiger partial charge in [-0.25, -0.2) is 18.4 Å². The first kappa shape index (κ1) is 25.5. The summed E-state index contributed by atoms with van der Waals surface area (Å²) in [6.45, 7) is 1.67. The number of nitrogens with zero attached hydrogens (tertiary/aromatic N) is 2. The Hall–Kier alpha value is -3.18. The molecule has 3 heterocycles. The highest BCUT2D eigenvalue weighted by Gasteiger charge is 2.33. The average Bonchev–Trinajstić information content (AvgIpc) is 2.84. The van der Waals surface area contributed by atoms with E-state index in [1.807, 2.05) is 18.2 Å². The minimum atomic E-state index is -4.43. The number of anilines is 2. The zero-order valence-electron chi connectivity index (χ0n) is 20.0. The molecule has 3 aromatic rings. The van der Waals surface area contributed by atoms with Crippen molar-refractivity contribution in [3.63, 3.8) is 0 Å². The van der Waals surface area contributed by atoms with E-state index in [4.69, 9.17) is 5.73 Å². The summed E-state index contributed by atoms with van der Waals surface area (Å²) < 4.78 is 64.9. The topological polar surface area (TPSA) is 110 Å². The van der Waals surface area contributed by atoms with Crippen LogP contribution in [0.15, 0.2) is 59.8 Å². The zero-order chi connectivity index (χ0) is 26.2. The van der Waals surface area contributed by atoms with Crippen LogP contribution < -0.4 is 16.4 Å². The molecule has 1 aromatic carbocycles. The third-order valence-corrected chi connectivity index (χ3v) is 9.54. The number of rotatable bonds is 6. The zero-order valence-corrected chi connectivity index (χ0v) is 20.8. The Morgan fingerprint density at radius 1 is 0.946 bits per heavy atom. The minimum absolute atomic E-state index is 0.0466. The van der Waals surface area contributed by atoms with Crippen LogP contribution in [0.2, 0.25) is 0 Å². The molecule has 0 amide bonds. The summed E-state index contributed by atoms with van der Waals surface area (Å²) in [6.07, 6.45) is 0.119. The smallest absolute Gasteiger partial charge is 0.383 e. The molecule has 196 valence electrons. The number of halogens is 3. The number of alkyl halides is 3. The van der Waals surface area contributed by atoms with Gasteiger partial charge in [0, 0.05) is 43.0 Å². The van der Waals surface area contributed by atoms with Crippen LogP contribution in [0.25, 0.3) is 11.1 Å². The number of pyridine rings is 2. The van der Waals surface area contributed by atoms with Crippen molar-refractivity contribution in [2.75, 3.05) is 24.1 Å². The van der Waals surface area contributed by atoms with Gasteiger partial charge in [0.25, 0.3) is 0 Å². The maximum Gasteiger partial charge on any atom is 0.417 e. The van der Waals surface area contributed by atoms with E-state index in [0.717, 1.165) is 42.0 Å². The third-order valence-electron chi connectivity index (χ3n) is 7.26. The Morgan fingerprint density at radius 2 is 1.65 bits per heavy atom. The Bertz CT molecular complexity index is 1350. The van der Waals surface area contributed by atoms with Crippen molar-refractivity contribution in [1.29, 1.82) is 0 Å². The highest BCUT2D eigenvalue weighted by atomic mass is 32.2. The van der Waals surface area contributed by atoms with E-state index in [9.17, 15) is 21.6 Å². The van der Waals surface area contributed by atoms with Crippen LogP contribution in [0.4, 0.5) is 24.8 Å². The molecule has 0 atom stereocenters. The molecule has 1 saturated heterocycles. The number of sulfone groups is 1. The van der Waals surface area contributed by atoms with Crippen molar-refractivity contribution in [2.45, 2.75) is 54.0 Å². The number of hydrogen-bond donors (Lipinski definition) is 3. The SMILES string of the molecule is Nc1nccc(-c2ccc(S(=O)(=O)[C@H]3CC[C@H](Nc4ccc(C(F)(F)F)cn4)CC3)cc2)c1C1CNC1. The van der Waals surface area contributed by atoms with E-state index < -0.39 is 26.8 Å². The van der Waals surface area contributed by atoms with Crippen molar-refractivity contribution < 1.29 is 21.6 Å². The maximum atomic E-state index is 13.3. The first-order chi connectivity index (χ1) is 17.6. The second kappa shape index (κ2) is 9.94. The summed E-state index contributed by atoms with van der Waals surface area (Å²) in [4.78, 5) is 8.37. The highest BCUT2D eigenvalue weighted by molar-refractivity contribution is 7.92. The largest absolute Gasteiger partial charge is 0.417 e. The first-order valence-electron chi connectivity index (χ1n) is 12.2. The second-order valence-corrected chi connectivity index (χ2v) is 11.9. The van der Waals surface area contributed by atoms with E-state index >= 15 is 0 Å². The number of nitrogens with one attached hydrogen (secondary N) is 2. The van der Waals surface area contributed by atoms with Crippen LogP contribution in [0.5, 0.6) is 0 Å². The summed E-state index contributed by atoms with van der Waals surface area (Å²) in [6, 6.07) is 11.1. The van der Waals surface area contributed by atoms with Crippen molar-refractivity contribution in [1.82, 2.24) is 15.3 Å². The Balaban J connectivity index is 1.24. The van der Waals surface area contributed by atoms with Gasteiger partial charge in [-0.2, -0.15) is 13.2 Å². The summed E-state index contributed by atoms with van der Waals surface area (Å²) in [5.74, 6) is 1.13. The number of benzene rings is 1. The standard InChI is InChI=1S/C26H28F3N5O2S/c27-26(28,29)18-3-10-23(33-15-18)34-19-4-8-21(9-5-19)37(35,36)20-6-1-16(2-7-20)22-11-12-32-25(30)24(22)17-13-31-14-17/h1-3,6-7,10-12,15,17,19,21,31H,4-5,8-9,13-14H2,(H2,30,32)(H,33,34)/t19-,21-. The third kappa shape index (κ3) is 5.28. The molecule has 5 rings (SSSR count). The Labute approximate surface area is 213 Å². The van der Waals surface area contributed by atoms with Gasteiger partial charge in [-0.15, -0.1) is 0 Å². The van der Waals surface area contributed by atoms with Gasteiger partial charge in [-0.05, 0) is 67.1 Å². The number of hydrogen-bond acceptors (Lipinski definition) is 7. The van der Waals surface area contributed by atoms with Crippen LogP contribution in [0.1, 0.15) is 42.7 Å². The van der Waals surface area contributed by atoms with Gasteiger partial charge in [0.1, 0.15) is 11.6 Å². The van der Waals surface area contributed by atoms with Gasteiger partial charge in [0.05, 0.1) is 15.7 Å². The molecule has 2 fully saturated rings. The lowest BCUT2D eigenvalue weighted by Crippen LogP contribution is -2.40. The number of nitrogen functional groups attached to an aromatic ring is 1. The van der Waals surface area contributed by atoms with Crippen LogP contribution in [0, 0.1) is 0 Å². The molecule has 1 aliphatic carbocycles.